The van der Waals surface area contributed by atoms with E-state index < -0.39 is 12.0 Å². The number of benzene rings is 1. The molecule has 0 aliphatic carbocycles. The summed E-state index contributed by atoms with van der Waals surface area (Å²) in [5.41, 5.74) is 1.20. The van der Waals surface area contributed by atoms with E-state index in [0.717, 1.165) is 4.88 Å². The van der Waals surface area contributed by atoms with Crippen molar-refractivity contribution in [2.24, 2.45) is 4.99 Å². The highest BCUT2D eigenvalue weighted by Gasteiger charge is 2.33. The standard InChI is InChI=1S/C21H17FN2O3S2/c1-3-27-20(26)17-12(2)23-21-24(18(17)15-8-5-9-28-15)19(25)16(29-21)11-13-6-4-7-14(22)10-13/h4-11,18H,3H2,1-2H3/b16-11+. The predicted octanol–water partition coefficient (Wildman–Crippen LogP) is 3.00. The van der Waals surface area contributed by atoms with Crippen LogP contribution in [0.4, 0.5) is 4.39 Å². The number of esters is 1. The zero-order valence-electron chi connectivity index (χ0n) is 15.7. The smallest absolute Gasteiger partial charge is 0.338 e. The number of hydrogen-bond donors (Lipinski definition) is 0. The second-order valence-corrected chi connectivity index (χ2v) is 8.36. The van der Waals surface area contributed by atoms with E-state index in [-0.39, 0.29) is 18.0 Å². The number of allylic oxidation sites excluding steroid dienone is 1. The molecule has 0 spiro atoms. The summed E-state index contributed by atoms with van der Waals surface area (Å²) < 4.78 is 20.7. The number of halogens is 1. The Morgan fingerprint density at radius 3 is 2.86 bits per heavy atom. The van der Waals surface area contributed by atoms with Gasteiger partial charge in [0.1, 0.15) is 11.9 Å². The number of thiazole rings is 1. The molecule has 3 aromatic rings. The van der Waals surface area contributed by atoms with Crippen molar-refractivity contribution in [3.05, 3.63) is 89.0 Å². The number of fused-ring (bicyclic) bond motifs is 1. The fourth-order valence-corrected chi connectivity index (χ4v) is 5.13. The number of nitrogens with zero attached hydrogens (tertiary/aromatic N) is 2. The molecule has 0 saturated heterocycles. The molecule has 1 aliphatic rings. The minimum Gasteiger partial charge on any atom is -0.463 e. The minimum atomic E-state index is -0.597. The number of carbonyl (C=O) groups excluding carboxylic acids is 1. The van der Waals surface area contributed by atoms with Crippen molar-refractivity contribution in [2.45, 2.75) is 19.9 Å². The van der Waals surface area contributed by atoms with E-state index >= 15 is 0 Å². The monoisotopic (exact) mass is 428 g/mol. The third-order valence-electron chi connectivity index (χ3n) is 4.48. The Kier molecular flexibility index (Phi) is 5.29. The van der Waals surface area contributed by atoms with Crippen LogP contribution >= 0.6 is 22.7 Å². The van der Waals surface area contributed by atoms with Crippen molar-refractivity contribution < 1.29 is 13.9 Å². The second-order valence-electron chi connectivity index (χ2n) is 6.37. The highest BCUT2D eigenvalue weighted by molar-refractivity contribution is 7.10. The quantitative estimate of drug-likeness (QED) is 0.601. The van der Waals surface area contributed by atoms with Crippen molar-refractivity contribution in [2.75, 3.05) is 6.61 Å². The summed E-state index contributed by atoms with van der Waals surface area (Å²) in [6, 6.07) is 9.20. The average molecular weight is 429 g/mol. The van der Waals surface area contributed by atoms with Crippen molar-refractivity contribution in [1.29, 1.82) is 0 Å². The average Bonchev–Trinajstić information content (AvgIpc) is 3.30. The van der Waals surface area contributed by atoms with Crippen molar-refractivity contribution in [3.8, 4) is 0 Å². The zero-order valence-corrected chi connectivity index (χ0v) is 17.3. The Labute approximate surface area is 173 Å². The van der Waals surface area contributed by atoms with E-state index in [1.54, 1.807) is 32.1 Å². The molecule has 3 heterocycles. The van der Waals surface area contributed by atoms with Gasteiger partial charge in [0.05, 0.1) is 22.4 Å². The molecular formula is C21H17FN2O3S2. The van der Waals surface area contributed by atoms with E-state index in [1.807, 2.05) is 17.5 Å². The molecule has 1 atom stereocenters. The Bertz CT molecular complexity index is 1290. The molecule has 1 aliphatic heterocycles. The van der Waals surface area contributed by atoms with Gasteiger partial charge in [-0.2, -0.15) is 0 Å². The van der Waals surface area contributed by atoms with Gasteiger partial charge in [-0.15, -0.1) is 11.3 Å². The van der Waals surface area contributed by atoms with Crippen LogP contribution < -0.4 is 14.9 Å². The number of aromatic nitrogens is 1. The molecule has 1 aromatic carbocycles. The van der Waals surface area contributed by atoms with Gasteiger partial charge in [-0.05, 0) is 49.1 Å². The van der Waals surface area contributed by atoms with E-state index in [1.165, 1.54) is 39.4 Å². The van der Waals surface area contributed by atoms with Gasteiger partial charge in [0, 0.05) is 4.88 Å². The molecule has 0 saturated carbocycles. The molecule has 0 radical (unpaired) electrons. The highest BCUT2D eigenvalue weighted by atomic mass is 32.1. The first kappa shape index (κ1) is 19.5. The fraction of sp³-hybridized carbons (Fsp3) is 0.190. The van der Waals surface area contributed by atoms with Gasteiger partial charge in [-0.25, -0.2) is 14.2 Å². The molecule has 0 fully saturated rings. The van der Waals surface area contributed by atoms with Gasteiger partial charge in [-0.1, -0.05) is 29.5 Å². The number of hydrogen-bond acceptors (Lipinski definition) is 6. The summed E-state index contributed by atoms with van der Waals surface area (Å²) in [6.07, 6.45) is 1.64. The van der Waals surface area contributed by atoms with Crippen LogP contribution in [0.3, 0.4) is 0 Å². The maximum absolute atomic E-state index is 13.5. The summed E-state index contributed by atoms with van der Waals surface area (Å²) in [5, 5.41) is 1.90. The van der Waals surface area contributed by atoms with Crippen LogP contribution in [0.5, 0.6) is 0 Å². The first-order valence-corrected chi connectivity index (χ1v) is 10.7. The highest BCUT2D eigenvalue weighted by Crippen LogP contribution is 2.33. The van der Waals surface area contributed by atoms with E-state index in [9.17, 15) is 14.0 Å². The van der Waals surface area contributed by atoms with Crippen molar-refractivity contribution in [1.82, 2.24) is 4.57 Å². The van der Waals surface area contributed by atoms with E-state index in [2.05, 4.69) is 4.99 Å². The molecule has 0 N–H and O–H groups in total. The summed E-state index contributed by atoms with van der Waals surface area (Å²) in [4.78, 5) is 31.8. The largest absolute Gasteiger partial charge is 0.463 e. The number of thiophene rings is 1. The summed E-state index contributed by atoms with van der Waals surface area (Å²) in [6.45, 7) is 3.72. The van der Waals surface area contributed by atoms with Gasteiger partial charge in [-0.3, -0.25) is 9.36 Å². The third-order valence-corrected chi connectivity index (χ3v) is 6.38. The third kappa shape index (κ3) is 3.61. The molecule has 0 bridgehead atoms. The first-order valence-electron chi connectivity index (χ1n) is 8.98. The minimum absolute atomic E-state index is 0.233. The Morgan fingerprint density at radius 1 is 1.34 bits per heavy atom. The fourth-order valence-electron chi connectivity index (χ4n) is 3.26. The number of ether oxygens (including phenoxy) is 1. The normalized spacial score (nSPS) is 16.5. The molecule has 5 nitrogen and oxygen atoms in total. The lowest BCUT2D eigenvalue weighted by Gasteiger charge is -2.23. The van der Waals surface area contributed by atoms with E-state index in [0.29, 0.717) is 26.2 Å². The number of rotatable bonds is 4. The lowest BCUT2D eigenvalue weighted by atomic mass is 10.0. The summed E-state index contributed by atoms with van der Waals surface area (Å²) in [7, 11) is 0. The van der Waals surface area contributed by atoms with E-state index in [4.69, 9.17) is 4.74 Å². The van der Waals surface area contributed by atoms with Gasteiger partial charge in [0.15, 0.2) is 4.80 Å². The molecule has 4 rings (SSSR count). The predicted molar refractivity (Wildman–Crippen MR) is 111 cm³/mol. The molecule has 2 aromatic heterocycles. The van der Waals surface area contributed by atoms with Crippen molar-refractivity contribution >= 4 is 34.7 Å². The van der Waals surface area contributed by atoms with Crippen molar-refractivity contribution in [3.63, 3.8) is 0 Å². The molecule has 29 heavy (non-hydrogen) atoms. The molecule has 8 heteroatoms. The molecular weight excluding hydrogens is 411 g/mol. The zero-order chi connectivity index (χ0) is 20.5. The molecule has 148 valence electrons. The van der Waals surface area contributed by atoms with Crippen LogP contribution in [0.1, 0.15) is 30.3 Å². The lowest BCUT2D eigenvalue weighted by molar-refractivity contribution is -0.139. The number of carbonyl (C=O) groups is 1. The van der Waals surface area contributed by atoms with Gasteiger partial charge in [0.25, 0.3) is 5.56 Å². The summed E-state index contributed by atoms with van der Waals surface area (Å²) >= 11 is 2.68. The van der Waals surface area contributed by atoms with Crippen LogP contribution in [0, 0.1) is 5.82 Å². The Morgan fingerprint density at radius 2 is 2.17 bits per heavy atom. The van der Waals surface area contributed by atoms with Crippen LogP contribution in [0.15, 0.2) is 62.8 Å². The van der Waals surface area contributed by atoms with Gasteiger partial charge >= 0.3 is 5.97 Å². The Hall–Kier alpha value is -2.84. The lowest BCUT2D eigenvalue weighted by Crippen LogP contribution is -2.39. The maximum atomic E-state index is 13.5. The molecule has 1 unspecified atom stereocenters. The van der Waals surface area contributed by atoms with Gasteiger partial charge < -0.3 is 4.74 Å². The van der Waals surface area contributed by atoms with Crippen LogP contribution in [-0.4, -0.2) is 17.1 Å². The first-order chi connectivity index (χ1) is 14.0. The molecule has 0 amide bonds. The second kappa shape index (κ2) is 7.88. The van der Waals surface area contributed by atoms with Crippen LogP contribution in [0.25, 0.3) is 6.08 Å². The summed E-state index contributed by atoms with van der Waals surface area (Å²) in [5.74, 6) is -0.852. The van der Waals surface area contributed by atoms with Crippen LogP contribution in [0.2, 0.25) is 0 Å². The van der Waals surface area contributed by atoms with Gasteiger partial charge in [0.2, 0.25) is 0 Å². The van der Waals surface area contributed by atoms with Crippen LogP contribution in [-0.2, 0) is 9.53 Å². The topological polar surface area (TPSA) is 60.7 Å². The maximum Gasteiger partial charge on any atom is 0.338 e. The SMILES string of the molecule is CCOC(=O)C1=C(C)N=c2s/c(=C/c3cccc(F)c3)c(=O)n2C1c1cccs1. The Balaban J connectivity index is 1.94.